The van der Waals surface area contributed by atoms with Gasteiger partial charge >= 0.3 is 6.03 Å². The van der Waals surface area contributed by atoms with E-state index in [1.165, 1.54) is 31.4 Å². The van der Waals surface area contributed by atoms with Crippen LogP contribution < -0.4 is 11.2 Å². The topological polar surface area (TPSA) is 67.5 Å². The predicted molar refractivity (Wildman–Crippen MR) is 57.2 cm³/mol. The Morgan fingerprint density at radius 3 is 2.87 bits per heavy atom. The molecule has 0 aromatic heterocycles. The van der Waals surface area contributed by atoms with Gasteiger partial charge in [0.05, 0.1) is 0 Å². The summed E-state index contributed by atoms with van der Waals surface area (Å²) in [7, 11) is 0. The summed E-state index contributed by atoms with van der Waals surface area (Å²) in [6.45, 7) is 0. The molecule has 0 spiro atoms. The van der Waals surface area contributed by atoms with Crippen LogP contribution >= 0.6 is 0 Å². The van der Waals surface area contributed by atoms with Gasteiger partial charge in [-0.1, -0.05) is 0 Å². The summed E-state index contributed by atoms with van der Waals surface area (Å²) in [6, 6.07) is -0.546. The summed E-state index contributed by atoms with van der Waals surface area (Å²) < 4.78 is 0. The molecule has 82 valence electrons. The van der Waals surface area contributed by atoms with Crippen LogP contribution in [0.15, 0.2) is 5.10 Å². The Morgan fingerprint density at radius 1 is 1.27 bits per heavy atom. The first kappa shape index (κ1) is 9.19. The first-order chi connectivity index (χ1) is 7.22. The zero-order chi connectivity index (χ0) is 10.4. The van der Waals surface area contributed by atoms with Crippen molar-refractivity contribution in [3.63, 3.8) is 0 Å². The van der Waals surface area contributed by atoms with Gasteiger partial charge in [0, 0.05) is 11.6 Å². The molecule has 2 amide bonds. The highest BCUT2D eigenvalue weighted by Gasteiger charge is 2.47. The molecule has 0 unspecified atom stereocenters. The van der Waals surface area contributed by atoms with E-state index in [0.717, 1.165) is 24.2 Å². The quantitative estimate of drug-likeness (QED) is 0.628. The summed E-state index contributed by atoms with van der Waals surface area (Å²) in [4.78, 5) is 10.6. The van der Waals surface area contributed by atoms with Crippen molar-refractivity contribution in [1.29, 1.82) is 0 Å². The van der Waals surface area contributed by atoms with Crippen LogP contribution in [0.3, 0.4) is 0 Å². The van der Waals surface area contributed by atoms with E-state index < -0.39 is 6.03 Å². The van der Waals surface area contributed by atoms with E-state index in [1.807, 2.05) is 0 Å². The Morgan fingerprint density at radius 2 is 2.07 bits per heavy atom. The highest BCUT2D eigenvalue weighted by molar-refractivity contribution is 5.89. The number of carbonyl (C=O) groups excluding carboxylic acids is 1. The van der Waals surface area contributed by atoms with Gasteiger partial charge in [0.25, 0.3) is 0 Å². The smallest absolute Gasteiger partial charge is 0.332 e. The van der Waals surface area contributed by atoms with E-state index >= 15 is 0 Å². The normalized spacial score (nSPS) is 44.7. The average molecular weight is 207 g/mol. The Hall–Kier alpha value is -1.06. The molecule has 3 bridgehead atoms. The van der Waals surface area contributed by atoms with E-state index in [-0.39, 0.29) is 0 Å². The molecule has 3 fully saturated rings. The van der Waals surface area contributed by atoms with Crippen molar-refractivity contribution < 1.29 is 4.79 Å². The lowest BCUT2D eigenvalue weighted by Crippen LogP contribution is -2.33. The molecule has 0 saturated heterocycles. The van der Waals surface area contributed by atoms with E-state index in [2.05, 4.69) is 10.5 Å². The fourth-order valence-electron chi connectivity index (χ4n) is 3.97. The van der Waals surface area contributed by atoms with Crippen LogP contribution in [-0.4, -0.2) is 11.7 Å². The molecule has 0 aliphatic heterocycles. The maximum atomic E-state index is 10.6. The molecule has 15 heavy (non-hydrogen) atoms. The third kappa shape index (κ3) is 1.52. The van der Waals surface area contributed by atoms with Crippen LogP contribution in [0.2, 0.25) is 0 Å². The van der Waals surface area contributed by atoms with E-state index in [9.17, 15) is 4.79 Å². The number of rotatable bonds is 1. The van der Waals surface area contributed by atoms with Crippen molar-refractivity contribution in [1.82, 2.24) is 5.43 Å². The van der Waals surface area contributed by atoms with Gasteiger partial charge in [0.1, 0.15) is 0 Å². The van der Waals surface area contributed by atoms with Crippen molar-refractivity contribution >= 4 is 11.7 Å². The molecule has 3 saturated carbocycles. The number of nitrogens with zero attached hydrogens (tertiary/aromatic N) is 1. The number of hydrazone groups is 1. The lowest BCUT2D eigenvalue weighted by molar-refractivity contribution is 0.240. The molecule has 0 aromatic rings. The summed E-state index contributed by atoms with van der Waals surface area (Å²) in [5.41, 5.74) is 8.63. The minimum absolute atomic E-state index is 0.546. The van der Waals surface area contributed by atoms with Gasteiger partial charge in [0.2, 0.25) is 0 Å². The lowest BCUT2D eigenvalue weighted by atomic mass is 9.71. The number of nitrogens with one attached hydrogen (secondary N) is 1. The van der Waals surface area contributed by atoms with Crippen molar-refractivity contribution in [2.75, 3.05) is 0 Å². The molecule has 4 nitrogen and oxygen atoms in total. The first-order valence-corrected chi connectivity index (χ1v) is 5.84. The van der Waals surface area contributed by atoms with Crippen molar-refractivity contribution in [2.45, 2.75) is 32.1 Å². The van der Waals surface area contributed by atoms with Gasteiger partial charge < -0.3 is 5.73 Å². The molecule has 0 radical (unpaired) electrons. The van der Waals surface area contributed by atoms with Crippen LogP contribution in [0.25, 0.3) is 0 Å². The molecule has 3 aliphatic rings. The van der Waals surface area contributed by atoms with Crippen LogP contribution in [0.4, 0.5) is 4.79 Å². The standard InChI is InChI=1S/C11H17N3O/c12-11(15)14-13-10-5-7-1-6-2-8(3-7)9(10)4-6/h6-9H,1-5H2,(H3,12,14,15)/b13-10-/t6-,7+,8-,9+/m0/s1. The second kappa shape index (κ2) is 3.22. The SMILES string of the molecule is NC(=O)N/N=C1/C[C@@H]2C[C@H]3C[C@@H](C2)[C@H]1C3. The summed E-state index contributed by atoms with van der Waals surface area (Å²) >= 11 is 0. The number of hydrogen-bond acceptors (Lipinski definition) is 2. The summed E-state index contributed by atoms with van der Waals surface area (Å²) in [5.74, 6) is 3.23. The average Bonchev–Trinajstić information content (AvgIpc) is 2.40. The van der Waals surface area contributed by atoms with Crippen LogP contribution in [0, 0.1) is 23.7 Å². The molecule has 4 heteroatoms. The maximum absolute atomic E-state index is 10.6. The second-order valence-electron chi connectivity index (χ2n) is 5.32. The van der Waals surface area contributed by atoms with Gasteiger partial charge in [-0.25, -0.2) is 10.2 Å². The van der Waals surface area contributed by atoms with Crippen LogP contribution in [-0.2, 0) is 0 Å². The van der Waals surface area contributed by atoms with Crippen molar-refractivity contribution in [3.8, 4) is 0 Å². The molecular formula is C11H17N3O. The van der Waals surface area contributed by atoms with Crippen molar-refractivity contribution in [3.05, 3.63) is 0 Å². The highest BCUT2D eigenvalue weighted by atomic mass is 16.2. The third-order valence-corrected chi connectivity index (χ3v) is 4.33. The zero-order valence-corrected chi connectivity index (χ0v) is 8.78. The molecule has 4 atom stereocenters. The van der Waals surface area contributed by atoms with Gasteiger partial charge in [-0.2, -0.15) is 5.10 Å². The molecule has 3 N–H and O–H groups in total. The maximum Gasteiger partial charge on any atom is 0.332 e. The van der Waals surface area contributed by atoms with E-state index in [4.69, 9.17) is 5.73 Å². The number of carbonyl (C=O) groups is 1. The summed E-state index contributed by atoms with van der Waals surface area (Å²) in [5, 5.41) is 4.19. The second-order valence-corrected chi connectivity index (χ2v) is 5.32. The van der Waals surface area contributed by atoms with E-state index in [1.54, 1.807) is 0 Å². The molecule has 3 aliphatic carbocycles. The van der Waals surface area contributed by atoms with Crippen molar-refractivity contribution in [2.24, 2.45) is 34.5 Å². The minimum Gasteiger partial charge on any atom is -0.350 e. The number of primary amides is 1. The fourth-order valence-corrected chi connectivity index (χ4v) is 3.97. The Balaban J connectivity index is 1.81. The Kier molecular flexibility index (Phi) is 1.97. The van der Waals surface area contributed by atoms with Gasteiger partial charge in [0.15, 0.2) is 0 Å². The molecule has 0 heterocycles. The zero-order valence-electron chi connectivity index (χ0n) is 8.78. The van der Waals surface area contributed by atoms with Gasteiger partial charge in [-0.05, 0) is 49.9 Å². The highest BCUT2D eigenvalue weighted by Crippen LogP contribution is 2.53. The number of amides is 2. The largest absolute Gasteiger partial charge is 0.350 e. The number of urea groups is 1. The van der Waals surface area contributed by atoms with Gasteiger partial charge in [-0.3, -0.25) is 0 Å². The lowest BCUT2D eigenvalue weighted by Gasteiger charge is -2.34. The fraction of sp³-hybridized carbons (Fsp3) is 0.818. The van der Waals surface area contributed by atoms with E-state index in [0.29, 0.717) is 5.92 Å². The van der Waals surface area contributed by atoms with Gasteiger partial charge in [-0.15, -0.1) is 0 Å². The predicted octanol–water partition coefficient (Wildman–Crippen LogP) is 1.47. The summed E-state index contributed by atoms with van der Waals surface area (Å²) in [6.07, 6.45) is 6.52. The Bertz CT molecular complexity index is 324. The Labute approximate surface area is 89.3 Å². The molecule has 0 aromatic carbocycles. The van der Waals surface area contributed by atoms with Crippen LogP contribution in [0.1, 0.15) is 32.1 Å². The minimum atomic E-state index is -0.546. The number of hydrogen-bond donors (Lipinski definition) is 2. The first-order valence-electron chi connectivity index (χ1n) is 5.84. The number of nitrogens with two attached hydrogens (primary N) is 1. The molecule has 3 rings (SSSR count). The third-order valence-electron chi connectivity index (χ3n) is 4.33. The molecular weight excluding hydrogens is 190 g/mol. The van der Waals surface area contributed by atoms with Crippen LogP contribution in [0.5, 0.6) is 0 Å². The monoisotopic (exact) mass is 207 g/mol. The number of fused-ring (bicyclic) bond motifs is 2.